The molecular weight excluding hydrogens is 266 g/mol. The minimum Gasteiger partial charge on any atom is -0.478 e. The topological polar surface area (TPSA) is 88.2 Å². The molecule has 0 amide bonds. The summed E-state index contributed by atoms with van der Waals surface area (Å²) < 4.78 is 0. The average Bonchev–Trinajstić information content (AvgIpc) is 2.40. The Bertz CT molecular complexity index is 658. The van der Waals surface area contributed by atoms with Crippen LogP contribution in [0.5, 0.6) is 0 Å². The van der Waals surface area contributed by atoms with Gasteiger partial charge in [0, 0.05) is 5.69 Å². The predicted molar refractivity (Wildman–Crippen MR) is 84.0 cm³/mol. The van der Waals surface area contributed by atoms with Crippen molar-refractivity contribution in [1.82, 2.24) is 4.98 Å². The number of nitrogens with zero attached hydrogens (tertiary/aromatic N) is 1. The summed E-state index contributed by atoms with van der Waals surface area (Å²) in [6.45, 7) is 6.45. The summed E-state index contributed by atoms with van der Waals surface area (Å²) in [6.07, 6.45) is 1.34. The molecule has 1 heterocycles. The first-order chi connectivity index (χ1) is 9.77. The number of aromatic nitrogens is 1. The van der Waals surface area contributed by atoms with Crippen molar-refractivity contribution in [2.45, 2.75) is 26.2 Å². The molecule has 0 aliphatic carbocycles. The van der Waals surface area contributed by atoms with Crippen LogP contribution < -0.4 is 11.1 Å². The van der Waals surface area contributed by atoms with Crippen LogP contribution in [0.3, 0.4) is 0 Å². The van der Waals surface area contributed by atoms with Gasteiger partial charge in [-0.05, 0) is 29.2 Å². The zero-order chi connectivity index (χ0) is 15.6. The second kappa shape index (κ2) is 5.44. The SMILES string of the molecule is CC(C)(C)c1ccc(Nc2cc(C(=O)O)c(N)cn2)cc1. The monoisotopic (exact) mass is 285 g/mol. The lowest BCUT2D eigenvalue weighted by Gasteiger charge is -2.19. The number of pyridine rings is 1. The van der Waals surface area contributed by atoms with E-state index in [1.807, 2.05) is 24.3 Å². The van der Waals surface area contributed by atoms with Crippen molar-refractivity contribution in [2.75, 3.05) is 11.1 Å². The molecule has 110 valence electrons. The van der Waals surface area contributed by atoms with Crippen molar-refractivity contribution in [1.29, 1.82) is 0 Å². The number of anilines is 3. The number of nitrogens with one attached hydrogen (secondary N) is 1. The van der Waals surface area contributed by atoms with Crippen molar-refractivity contribution < 1.29 is 9.90 Å². The first-order valence-electron chi connectivity index (χ1n) is 6.64. The summed E-state index contributed by atoms with van der Waals surface area (Å²) in [5.41, 5.74) is 7.93. The number of benzene rings is 1. The van der Waals surface area contributed by atoms with Crippen LogP contribution in [0.15, 0.2) is 36.5 Å². The van der Waals surface area contributed by atoms with E-state index in [1.54, 1.807) is 0 Å². The number of carboxylic acid groups (broad SMARTS) is 1. The molecular formula is C16H19N3O2. The highest BCUT2D eigenvalue weighted by atomic mass is 16.4. The van der Waals surface area contributed by atoms with Gasteiger partial charge in [0.05, 0.1) is 17.4 Å². The average molecular weight is 285 g/mol. The third-order valence-electron chi connectivity index (χ3n) is 3.19. The molecule has 0 aliphatic rings. The molecule has 0 spiro atoms. The number of nitrogen functional groups attached to an aromatic ring is 1. The highest BCUT2D eigenvalue weighted by Gasteiger charge is 2.13. The molecule has 2 aromatic rings. The fourth-order valence-electron chi connectivity index (χ4n) is 1.92. The molecule has 2 rings (SSSR count). The highest BCUT2D eigenvalue weighted by Crippen LogP contribution is 2.25. The third-order valence-corrected chi connectivity index (χ3v) is 3.19. The fraction of sp³-hybridized carbons (Fsp3) is 0.250. The van der Waals surface area contributed by atoms with Crippen LogP contribution in [0.4, 0.5) is 17.2 Å². The lowest BCUT2D eigenvalue weighted by molar-refractivity contribution is 0.0698. The molecule has 1 aromatic heterocycles. The van der Waals surface area contributed by atoms with E-state index in [-0.39, 0.29) is 16.7 Å². The number of carboxylic acids is 1. The van der Waals surface area contributed by atoms with Gasteiger partial charge in [-0.15, -0.1) is 0 Å². The Balaban J connectivity index is 2.22. The molecule has 4 N–H and O–H groups in total. The van der Waals surface area contributed by atoms with Crippen molar-refractivity contribution >= 4 is 23.2 Å². The second-order valence-corrected chi connectivity index (χ2v) is 5.91. The maximum Gasteiger partial charge on any atom is 0.337 e. The first kappa shape index (κ1) is 14.8. The van der Waals surface area contributed by atoms with E-state index in [0.29, 0.717) is 5.82 Å². The summed E-state index contributed by atoms with van der Waals surface area (Å²) in [6, 6.07) is 9.39. The largest absolute Gasteiger partial charge is 0.478 e. The zero-order valence-corrected chi connectivity index (χ0v) is 12.3. The lowest BCUT2D eigenvalue weighted by atomic mass is 9.87. The van der Waals surface area contributed by atoms with Gasteiger partial charge in [0.15, 0.2) is 0 Å². The van der Waals surface area contributed by atoms with Gasteiger partial charge >= 0.3 is 5.97 Å². The van der Waals surface area contributed by atoms with Crippen LogP contribution in [-0.4, -0.2) is 16.1 Å². The van der Waals surface area contributed by atoms with Crippen LogP contribution in [-0.2, 0) is 5.41 Å². The Labute approximate surface area is 123 Å². The van der Waals surface area contributed by atoms with E-state index in [9.17, 15) is 4.79 Å². The third kappa shape index (κ3) is 3.51. The standard InChI is InChI=1S/C16H19N3O2/c1-16(2,3)10-4-6-11(7-5-10)19-14-8-12(15(20)21)13(17)9-18-14/h4-9H,17H2,1-3H3,(H,18,19)(H,20,21). The minimum atomic E-state index is -1.07. The Morgan fingerprint density at radius 3 is 2.38 bits per heavy atom. The quantitative estimate of drug-likeness (QED) is 0.804. The van der Waals surface area contributed by atoms with E-state index >= 15 is 0 Å². The number of carbonyl (C=O) groups is 1. The van der Waals surface area contributed by atoms with Crippen molar-refractivity contribution in [3.63, 3.8) is 0 Å². The lowest BCUT2D eigenvalue weighted by Crippen LogP contribution is -2.10. The van der Waals surface area contributed by atoms with Crippen LogP contribution in [0.1, 0.15) is 36.7 Å². The van der Waals surface area contributed by atoms with Gasteiger partial charge < -0.3 is 16.2 Å². The molecule has 5 heteroatoms. The Morgan fingerprint density at radius 1 is 1.24 bits per heavy atom. The zero-order valence-electron chi connectivity index (χ0n) is 12.3. The normalized spacial score (nSPS) is 11.2. The van der Waals surface area contributed by atoms with Crippen LogP contribution in [0, 0.1) is 0 Å². The van der Waals surface area contributed by atoms with E-state index in [1.165, 1.54) is 17.8 Å². The van der Waals surface area contributed by atoms with Crippen molar-refractivity contribution in [3.8, 4) is 0 Å². The number of nitrogens with two attached hydrogens (primary N) is 1. The Morgan fingerprint density at radius 2 is 1.86 bits per heavy atom. The van der Waals surface area contributed by atoms with Gasteiger partial charge in [0.2, 0.25) is 0 Å². The summed E-state index contributed by atoms with van der Waals surface area (Å²) in [5.74, 6) is -0.619. The van der Waals surface area contributed by atoms with Crippen LogP contribution in [0.2, 0.25) is 0 Å². The first-order valence-corrected chi connectivity index (χ1v) is 6.64. The van der Waals surface area contributed by atoms with Crippen molar-refractivity contribution in [2.24, 2.45) is 0 Å². The smallest absolute Gasteiger partial charge is 0.337 e. The van der Waals surface area contributed by atoms with Gasteiger partial charge in [-0.3, -0.25) is 0 Å². The predicted octanol–water partition coefficient (Wildman–Crippen LogP) is 3.40. The molecule has 0 saturated carbocycles. The van der Waals surface area contributed by atoms with Gasteiger partial charge in [-0.25, -0.2) is 9.78 Å². The summed E-state index contributed by atoms with van der Waals surface area (Å²) >= 11 is 0. The molecule has 1 aromatic carbocycles. The van der Waals surface area contributed by atoms with Gasteiger partial charge in [0.25, 0.3) is 0 Å². The van der Waals surface area contributed by atoms with Crippen LogP contribution >= 0.6 is 0 Å². The van der Waals surface area contributed by atoms with E-state index in [4.69, 9.17) is 10.8 Å². The fourth-order valence-corrected chi connectivity index (χ4v) is 1.92. The number of hydrogen-bond acceptors (Lipinski definition) is 4. The number of rotatable bonds is 3. The van der Waals surface area contributed by atoms with Crippen LogP contribution in [0.25, 0.3) is 0 Å². The Hall–Kier alpha value is -2.56. The van der Waals surface area contributed by atoms with Gasteiger partial charge in [-0.1, -0.05) is 32.9 Å². The van der Waals surface area contributed by atoms with Crippen molar-refractivity contribution in [3.05, 3.63) is 47.7 Å². The maximum absolute atomic E-state index is 11.0. The number of aromatic carboxylic acids is 1. The molecule has 0 atom stereocenters. The summed E-state index contributed by atoms with van der Waals surface area (Å²) in [5, 5.41) is 12.1. The summed E-state index contributed by atoms with van der Waals surface area (Å²) in [7, 11) is 0. The highest BCUT2D eigenvalue weighted by molar-refractivity contribution is 5.94. The number of hydrogen-bond donors (Lipinski definition) is 3. The van der Waals surface area contributed by atoms with Gasteiger partial charge in [-0.2, -0.15) is 0 Å². The van der Waals surface area contributed by atoms with E-state index in [2.05, 4.69) is 31.1 Å². The minimum absolute atomic E-state index is 0.0406. The molecule has 0 saturated heterocycles. The van der Waals surface area contributed by atoms with E-state index < -0.39 is 5.97 Å². The maximum atomic E-state index is 11.0. The van der Waals surface area contributed by atoms with E-state index in [0.717, 1.165) is 5.69 Å². The molecule has 5 nitrogen and oxygen atoms in total. The molecule has 0 bridgehead atoms. The molecule has 0 radical (unpaired) electrons. The second-order valence-electron chi connectivity index (χ2n) is 5.91. The molecule has 0 unspecified atom stereocenters. The molecule has 21 heavy (non-hydrogen) atoms. The Kier molecular flexibility index (Phi) is 3.84. The molecule has 0 fully saturated rings. The van der Waals surface area contributed by atoms with Gasteiger partial charge in [0.1, 0.15) is 5.82 Å². The molecule has 0 aliphatic heterocycles. The summed E-state index contributed by atoms with van der Waals surface area (Å²) in [4.78, 5) is 15.1.